The third kappa shape index (κ3) is 7.68. The largest absolute Gasteiger partial charge is 0.481 e. The van der Waals surface area contributed by atoms with Crippen LogP contribution < -0.4 is 0 Å². The fourth-order valence-corrected chi connectivity index (χ4v) is 3.67. The van der Waals surface area contributed by atoms with E-state index < -0.39 is 5.97 Å². The van der Waals surface area contributed by atoms with E-state index in [1.807, 2.05) is 0 Å². The summed E-state index contributed by atoms with van der Waals surface area (Å²) in [7, 11) is 0. The van der Waals surface area contributed by atoms with Crippen molar-refractivity contribution in [2.45, 2.75) is 97.3 Å². The molecule has 0 spiro atoms. The van der Waals surface area contributed by atoms with Crippen LogP contribution in [0.2, 0.25) is 0 Å². The first-order valence-electron chi connectivity index (χ1n) is 10.2. The van der Waals surface area contributed by atoms with Crippen molar-refractivity contribution < 1.29 is 9.90 Å². The molecule has 24 heavy (non-hydrogen) atoms. The van der Waals surface area contributed by atoms with Crippen molar-refractivity contribution in [1.82, 2.24) is 0 Å². The van der Waals surface area contributed by atoms with Crippen LogP contribution in [0.3, 0.4) is 0 Å². The third-order valence-corrected chi connectivity index (χ3v) is 5.47. The normalized spacial score (nSPS) is 23.3. The lowest BCUT2D eigenvalue weighted by Crippen LogP contribution is -2.17. The minimum Gasteiger partial charge on any atom is -0.481 e. The van der Waals surface area contributed by atoms with Crippen molar-refractivity contribution in [3.8, 4) is 0 Å². The van der Waals surface area contributed by atoms with E-state index in [0.29, 0.717) is 5.92 Å². The SMILES string of the molecule is CCCCCC=CCC=CCCCCCCC1(C(=O)O)CC1CC. The maximum absolute atomic E-state index is 11.4. The molecule has 0 saturated heterocycles. The zero-order valence-corrected chi connectivity index (χ0v) is 15.9. The first-order valence-corrected chi connectivity index (χ1v) is 10.2. The van der Waals surface area contributed by atoms with Crippen molar-refractivity contribution in [2.75, 3.05) is 0 Å². The molecule has 0 bridgehead atoms. The molecule has 1 aliphatic rings. The Hall–Kier alpha value is -1.05. The van der Waals surface area contributed by atoms with Crippen LogP contribution in [0.15, 0.2) is 24.3 Å². The van der Waals surface area contributed by atoms with E-state index >= 15 is 0 Å². The maximum atomic E-state index is 11.4. The van der Waals surface area contributed by atoms with Gasteiger partial charge in [-0.1, -0.05) is 76.7 Å². The summed E-state index contributed by atoms with van der Waals surface area (Å²) in [6.07, 6.45) is 24.1. The summed E-state index contributed by atoms with van der Waals surface area (Å²) < 4.78 is 0. The number of allylic oxidation sites excluding steroid dienone is 4. The molecule has 0 aromatic carbocycles. The highest BCUT2D eigenvalue weighted by atomic mass is 16.4. The second kappa shape index (κ2) is 12.3. The Labute approximate surface area is 149 Å². The molecule has 2 unspecified atom stereocenters. The summed E-state index contributed by atoms with van der Waals surface area (Å²) >= 11 is 0. The Kier molecular flexibility index (Phi) is 10.8. The van der Waals surface area contributed by atoms with Gasteiger partial charge in [-0.3, -0.25) is 4.79 Å². The van der Waals surface area contributed by atoms with Crippen LogP contribution in [0.5, 0.6) is 0 Å². The van der Waals surface area contributed by atoms with E-state index in [9.17, 15) is 9.90 Å². The van der Waals surface area contributed by atoms with Crippen molar-refractivity contribution >= 4 is 5.97 Å². The monoisotopic (exact) mass is 334 g/mol. The minimum atomic E-state index is -0.556. The highest BCUT2D eigenvalue weighted by Crippen LogP contribution is 2.58. The molecular formula is C22H38O2. The Morgan fingerprint density at radius 3 is 2.12 bits per heavy atom. The zero-order chi connectivity index (χ0) is 17.7. The van der Waals surface area contributed by atoms with Crippen LogP contribution in [0.25, 0.3) is 0 Å². The van der Waals surface area contributed by atoms with Gasteiger partial charge in [0, 0.05) is 0 Å². The highest BCUT2D eigenvalue weighted by molar-refractivity contribution is 5.78. The maximum Gasteiger partial charge on any atom is 0.309 e. The summed E-state index contributed by atoms with van der Waals surface area (Å²) in [5, 5.41) is 9.39. The van der Waals surface area contributed by atoms with Crippen LogP contribution in [0, 0.1) is 11.3 Å². The first-order chi connectivity index (χ1) is 11.7. The van der Waals surface area contributed by atoms with E-state index in [1.165, 1.54) is 44.9 Å². The number of hydrogen-bond donors (Lipinski definition) is 1. The van der Waals surface area contributed by atoms with Gasteiger partial charge in [0.05, 0.1) is 5.41 Å². The number of carboxylic acids is 1. The molecule has 0 aromatic rings. The highest BCUT2D eigenvalue weighted by Gasteiger charge is 2.58. The summed E-state index contributed by atoms with van der Waals surface area (Å²) in [5.74, 6) is -0.118. The van der Waals surface area contributed by atoms with Crippen LogP contribution in [-0.4, -0.2) is 11.1 Å². The quantitative estimate of drug-likeness (QED) is 0.261. The number of carbonyl (C=O) groups is 1. The molecule has 2 heteroatoms. The first kappa shape index (κ1) is 21.0. The number of unbranched alkanes of at least 4 members (excludes halogenated alkanes) is 7. The van der Waals surface area contributed by atoms with E-state index in [2.05, 4.69) is 38.2 Å². The fourth-order valence-electron chi connectivity index (χ4n) is 3.67. The molecule has 2 nitrogen and oxygen atoms in total. The molecule has 1 rings (SSSR count). The molecule has 1 saturated carbocycles. The Morgan fingerprint density at radius 1 is 0.958 bits per heavy atom. The molecule has 0 amide bonds. The minimum absolute atomic E-state index is 0.349. The summed E-state index contributed by atoms with van der Waals surface area (Å²) in [5.41, 5.74) is -0.349. The molecule has 2 atom stereocenters. The Balaban J connectivity index is 1.94. The van der Waals surface area contributed by atoms with Crippen LogP contribution in [0.1, 0.15) is 97.3 Å². The van der Waals surface area contributed by atoms with Crippen LogP contribution in [-0.2, 0) is 4.79 Å². The van der Waals surface area contributed by atoms with Gasteiger partial charge in [0.15, 0.2) is 0 Å². The fraction of sp³-hybridized carbons (Fsp3) is 0.773. The Morgan fingerprint density at radius 2 is 1.58 bits per heavy atom. The molecule has 1 fully saturated rings. The van der Waals surface area contributed by atoms with E-state index in [1.54, 1.807) is 0 Å². The molecule has 0 heterocycles. The third-order valence-electron chi connectivity index (χ3n) is 5.47. The summed E-state index contributed by atoms with van der Waals surface area (Å²) in [6.45, 7) is 4.35. The molecular weight excluding hydrogens is 296 g/mol. The number of carboxylic acid groups (broad SMARTS) is 1. The molecule has 138 valence electrons. The smallest absolute Gasteiger partial charge is 0.309 e. The molecule has 0 aliphatic heterocycles. The number of hydrogen-bond acceptors (Lipinski definition) is 1. The van der Waals surface area contributed by atoms with Gasteiger partial charge in [-0.05, 0) is 50.9 Å². The van der Waals surface area contributed by atoms with Gasteiger partial charge in [-0.2, -0.15) is 0 Å². The molecule has 1 aliphatic carbocycles. The zero-order valence-electron chi connectivity index (χ0n) is 15.9. The average molecular weight is 335 g/mol. The summed E-state index contributed by atoms with van der Waals surface area (Å²) in [4.78, 5) is 11.4. The van der Waals surface area contributed by atoms with Crippen molar-refractivity contribution in [3.63, 3.8) is 0 Å². The van der Waals surface area contributed by atoms with Gasteiger partial charge in [-0.15, -0.1) is 0 Å². The van der Waals surface area contributed by atoms with E-state index in [0.717, 1.165) is 38.5 Å². The molecule has 0 radical (unpaired) electrons. The topological polar surface area (TPSA) is 37.3 Å². The predicted octanol–water partition coefficient (Wildman–Crippen LogP) is 6.91. The second-order valence-electron chi connectivity index (χ2n) is 7.40. The predicted molar refractivity (Wildman–Crippen MR) is 103 cm³/mol. The van der Waals surface area contributed by atoms with E-state index in [-0.39, 0.29) is 5.41 Å². The van der Waals surface area contributed by atoms with Gasteiger partial charge in [0.25, 0.3) is 0 Å². The lowest BCUT2D eigenvalue weighted by Gasteiger charge is -2.11. The van der Waals surface area contributed by atoms with Gasteiger partial charge in [0.2, 0.25) is 0 Å². The van der Waals surface area contributed by atoms with Gasteiger partial charge < -0.3 is 5.11 Å². The van der Waals surface area contributed by atoms with Gasteiger partial charge in [0.1, 0.15) is 0 Å². The van der Waals surface area contributed by atoms with Crippen molar-refractivity contribution in [1.29, 1.82) is 0 Å². The van der Waals surface area contributed by atoms with Crippen molar-refractivity contribution in [3.05, 3.63) is 24.3 Å². The van der Waals surface area contributed by atoms with Gasteiger partial charge >= 0.3 is 5.97 Å². The molecule has 0 aromatic heterocycles. The summed E-state index contributed by atoms with van der Waals surface area (Å²) in [6, 6.07) is 0. The molecule has 1 N–H and O–H groups in total. The lowest BCUT2D eigenvalue weighted by atomic mass is 9.94. The second-order valence-corrected chi connectivity index (χ2v) is 7.40. The standard InChI is InChI=1S/C22H38O2/c1-3-5-6-7-8-9-10-11-12-13-14-15-16-17-18-22(21(23)24)19-20(22)4-2/h8-9,11-12,20H,3-7,10,13-19H2,1-2H3,(H,23,24). The average Bonchev–Trinajstić information content (AvgIpc) is 3.30. The van der Waals surface area contributed by atoms with E-state index in [4.69, 9.17) is 0 Å². The van der Waals surface area contributed by atoms with Crippen molar-refractivity contribution in [2.24, 2.45) is 11.3 Å². The lowest BCUT2D eigenvalue weighted by molar-refractivity contribution is -0.144. The van der Waals surface area contributed by atoms with Gasteiger partial charge in [-0.25, -0.2) is 0 Å². The van der Waals surface area contributed by atoms with Crippen LogP contribution in [0.4, 0.5) is 0 Å². The Bertz CT molecular complexity index is 397. The number of aliphatic carboxylic acids is 1. The number of rotatable bonds is 15. The van der Waals surface area contributed by atoms with Crippen LogP contribution >= 0.6 is 0 Å².